The number of unbranched alkanes of at least 4 members (excludes halogenated alkanes) is 24. The average Bonchev–Trinajstić information content (AvgIpc) is 3.25. The minimum Gasteiger partial charge on any atom is -0.462 e. The highest BCUT2D eigenvalue weighted by molar-refractivity contribution is 7.47. The second-order valence-corrected chi connectivity index (χ2v) is 20.9. The number of aliphatic hydroxyl groups is 3. The molecule has 0 radical (unpaired) electrons. The SMILES string of the molecule is CCCCC/C=C\C[C@@H](O)[C@H](O)CCCCCCCC(=O)OC[C@H](COP(=O)(O)OC[C@@H](O)COP(=O)(O)O)OC(=O)CCCCCCCCCCCCCCCCCCCCC(C)C. The third kappa shape index (κ3) is 46.3. The van der Waals surface area contributed by atoms with Gasteiger partial charge in [0.2, 0.25) is 0 Å². The maximum atomic E-state index is 12.7. The normalized spacial score (nSPS) is 15.0. The van der Waals surface area contributed by atoms with Gasteiger partial charge >= 0.3 is 27.6 Å². The second kappa shape index (κ2) is 42.8. The first-order chi connectivity index (χ1) is 31.0. The summed E-state index contributed by atoms with van der Waals surface area (Å²) in [5.74, 6) is -0.305. The Morgan fingerprint density at radius 1 is 0.508 bits per heavy atom. The molecule has 386 valence electrons. The van der Waals surface area contributed by atoms with Crippen LogP contribution in [0.5, 0.6) is 0 Å². The van der Waals surface area contributed by atoms with Crippen LogP contribution in [0, 0.1) is 5.92 Å². The van der Waals surface area contributed by atoms with Crippen LogP contribution in [-0.2, 0) is 41.8 Å². The highest BCUT2D eigenvalue weighted by atomic mass is 31.2. The fourth-order valence-corrected chi connectivity index (χ4v) is 8.42. The molecule has 0 saturated carbocycles. The van der Waals surface area contributed by atoms with Crippen molar-refractivity contribution in [2.75, 3.05) is 26.4 Å². The Morgan fingerprint density at radius 3 is 1.45 bits per heavy atom. The van der Waals surface area contributed by atoms with E-state index in [2.05, 4.69) is 31.4 Å². The van der Waals surface area contributed by atoms with Gasteiger partial charge in [-0.25, -0.2) is 9.13 Å². The van der Waals surface area contributed by atoms with Gasteiger partial charge in [-0.1, -0.05) is 187 Å². The van der Waals surface area contributed by atoms with Crippen LogP contribution in [0.25, 0.3) is 0 Å². The molecule has 0 amide bonds. The maximum Gasteiger partial charge on any atom is 0.472 e. The second-order valence-electron chi connectivity index (χ2n) is 18.2. The molecule has 0 bridgehead atoms. The Morgan fingerprint density at radius 2 is 0.954 bits per heavy atom. The Labute approximate surface area is 393 Å². The lowest BCUT2D eigenvalue weighted by Crippen LogP contribution is -2.30. The van der Waals surface area contributed by atoms with Crippen LogP contribution in [0.3, 0.4) is 0 Å². The van der Waals surface area contributed by atoms with Gasteiger partial charge in [0.15, 0.2) is 6.10 Å². The summed E-state index contributed by atoms with van der Waals surface area (Å²) in [7, 11) is -9.72. The Balaban J connectivity index is 4.47. The number of carbonyl (C=O) groups is 2. The van der Waals surface area contributed by atoms with Crippen LogP contribution >= 0.6 is 15.6 Å². The summed E-state index contributed by atoms with van der Waals surface area (Å²) in [5.41, 5.74) is 0. The summed E-state index contributed by atoms with van der Waals surface area (Å²) < 4.78 is 47.9. The van der Waals surface area contributed by atoms with E-state index in [0.29, 0.717) is 25.7 Å². The van der Waals surface area contributed by atoms with E-state index in [-0.39, 0.29) is 12.8 Å². The summed E-state index contributed by atoms with van der Waals surface area (Å²) >= 11 is 0. The van der Waals surface area contributed by atoms with E-state index in [9.17, 15) is 38.9 Å². The third-order valence-electron chi connectivity index (χ3n) is 11.3. The van der Waals surface area contributed by atoms with Crippen molar-refractivity contribution in [1.29, 1.82) is 0 Å². The predicted molar refractivity (Wildman–Crippen MR) is 256 cm³/mol. The topological polar surface area (TPSA) is 236 Å². The molecule has 0 aliphatic rings. The van der Waals surface area contributed by atoms with E-state index in [1.165, 1.54) is 96.3 Å². The van der Waals surface area contributed by atoms with Crippen LogP contribution in [-0.4, -0.2) is 92.8 Å². The van der Waals surface area contributed by atoms with E-state index in [1.807, 2.05) is 6.08 Å². The zero-order valence-corrected chi connectivity index (χ0v) is 42.5. The van der Waals surface area contributed by atoms with Crippen molar-refractivity contribution in [2.24, 2.45) is 5.92 Å². The number of hydrogen-bond donors (Lipinski definition) is 6. The molecule has 6 N–H and O–H groups in total. The van der Waals surface area contributed by atoms with Gasteiger partial charge in [-0.3, -0.25) is 23.2 Å². The number of hydrogen-bond acceptors (Lipinski definition) is 12. The number of carbonyl (C=O) groups excluding carboxylic acids is 2. The van der Waals surface area contributed by atoms with Gasteiger partial charge < -0.3 is 39.5 Å². The first kappa shape index (κ1) is 63.8. The smallest absolute Gasteiger partial charge is 0.462 e. The van der Waals surface area contributed by atoms with Crippen molar-refractivity contribution in [1.82, 2.24) is 0 Å². The molecular formula is C48H94O15P2. The Kier molecular flexibility index (Phi) is 42.0. The first-order valence-corrected chi connectivity index (χ1v) is 28.4. The molecule has 0 aromatic rings. The largest absolute Gasteiger partial charge is 0.472 e. The zero-order chi connectivity index (χ0) is 48.4. The lowest BCUT2D eigenvalue weighted by atomic mass is 10.0. The number of rotatable bonds is 48. The van der Waals surface area contributed by atoms with Crippen LogP contribution in [0.4, 0.5) is 0 Å². The molecule has 0 aromatic heterocycles. The fraction of sp³-hybridized carbons (Fsp3) is 0.917. The molecule has 0 heterocycles. The third-order valence-corrected chi connectivity index (χ3v) is 12.7. The van der Waals surface area contributed by atoms with E-state index in [4.69, 9.17) is 28.3 Å². The van der Waals surface area contributed by atoms with Gasteiger partial charge in [0.25, 0.3) is 0 Å². The summed E-state index contributed by atoms with van der Waals surface area (Å²) in [4.78, 5) is 52.9. The minimum absolute atomic E-state index is 0.0998. The van der Waals surface area contributed by atoms with E-state index in [1.54, 1.807) is 0 Å². The molecule has 0 spiro atoms. The van der Waals surface area contributed by atoms with Crippen LogP contribution in [0.2, 0.25) is 0 Å². The van der Waals surface area contributed by atoms with Gasteiger partial charge in [-0.05, 0) is 44.4 Å². The van der Waals surface area contributed by atoms with Crippen molar-refractivity contribution >= 4 is 27.6 Å². The monoisotopic (exact) mass is 973 g/mol. The van der Waals surface area contributed by atoms with Crippen LogP contribution < -0.4 is 0 Å². The molecule has 0 saturated heterocycles. The van der Waals surface area contributed by atoms with Crippen molar-refractivity contribution < 1.29 is 71.8 Å². The Hall–Kier alpha value is -1.22. The van der Waals surface area contributed by atoms with Crippen molar-refractivity contribution in [3.63, 3.8) is 0 Å². The van der Waals surface area contributed by atoms with Gasteiger partial charge in [0.05, 0.1) is 32.0 Å². The number of allylic oxidation sites excluding steroid dienone is 1. The molecule has 65 heavy (non-hydrogen) atoms. The van der Waals surface area contributed by atoms with Crippen molar-refractivity contribution in [3.8, 4) is 0 Å². The quantitative estimate of drug-likeness (QED) is 0.0144. The lowest BCUT2D eigenvalue weighted by Gasteiger charge is -2.20. The molecule has 17 heteroatoms. The molecular weight excluding hydrogens is 878 g/mol. The van der Waals surface area contributed by atoms with E-state index < -0.39 is 78.4 Å². The lowest BCUT2D eigenvalue weighted by molar-refractivity contribution is -0.161. The zero-order valence-electron chi connectivity index (χ0n) is 40.7. The number of phosphoric ester groups is 2. The van der Waals surface area contributed by atoms with E-state index in [0.717, 1.165) is 76.5 Å². The molecule has 15 nitrogen and oxygen atoms in total. The van der Waals surface area contributed by atoms with Crippen molar-refractivity contribution in [3.05, 3.63) is 12.2 Å². The molecule has 0 aliphatic heterocycles. The molecule has 1 unspecified atom stereocenters. The van der Waals surface area contributed by atoms with Gasteiger partial charge in [-0.2, -0.15) is 0 Å². The standard InChI is InChI=1S/C48H94O15P2/c1-4-5-6-7-24-29-34-45(50)46(51)35-30-25-22-27-31-36-47(52)59-40-44(41-62-65(57,58)61-39-43(49)38-60-64(54,55)56)63-48(53)37-32-26-21-19-17-15-13-11-9-8-10-12-14-16-18-20-23-28-33-42(2)3/h24,29,42-46,49-51H,4-23,25-28,30-41H2,1-3H3,(H,57,58)(H2,54,55,56)/b29-24-/t43-,44+,45+,46+/m0/s1. The first-order valence-electron chi connectivity index (χ1n) is 25.4. The van der Waals surface area contributed by atoms with Gasteiger partial charge in [0, 0.05) is 12.8 Å². The van der Waals surface area contributed by atoms with Gasteiger partial charge in [0.1, 0.15) is 12.7 Å². The molecule has 0 aliphatic carbocycles. The van der Waals surface area contributed by atoms with Gasteiger partial charge in [-0.15, -0.1) is 0 Å². The highest BCUT2D eigenvalue weighted by Gasteiger charge is 2.28. The number of esters is 2. The number of phosphoric acid groups is 2. The highest BCUT2D eigenvalue weighted by Crippen LogP contribution is 2.44. The van der Waals surface area contributed by atoms with Crippen LogP contribution in [0.15, 0.2) is 12.2 Å². The molecule has 0 fully saturated rings. The van der Waals surface area contributed by atoms with E-state index >= 15 is 0 Å². The summed E-state index contributed by atoms with van der Waals surface area (Å²) in [6.07, 6.45) is 32.2. The summed E-state index contributed by atoms with van der Waals surface area (Å²) in [5, 5.41) is 30.2. The summed E-state index contributed by atoms with van der Waals surface area (Å²) in [6.45, 7) is 3.92. The molecule has 0 aromatic carbocycles. The van der Waals surface area contributed by atoms with Crippen molar-refractivity contribution in [2.45, 2.75) is 251 Å². The fourth-order valence-electron chi connectivity index (χ4n) is 7.26. The maximum absolute atomic E-state index is 12.7. The number of aliphatic hydroxyl groups excluding tert-OH is 3. The minimum atomic E-state index is -4.88. The number of ether oxygens (including phenoxy) is 2. The average molecular weight is 973 g/mol. The van der Waals surface area contributed by atoms with Crippen LogP contribution in [0.1, 0.15) is 226 Å². The predicted octanol–water partition coefficient (Wildman–Crippen LogP) is 11.5. The molecule has 0 rings (SSSR count). The Bertz CT molecular complexity index is 1250. The molecule has 5 atom stereocenters. The summed E-state index contributed by atoms with van der Waals surface area (Å²) in [6, 6.07) is 0.